The Kier molecular flexibility index (Phi) is 36.8. The highest BCUT2D eigenvalue weighted by molar-refractivity contribution is 5.03. The smallest absolute Gasteiger partial charge is 0.0463 e. The molecule has 0 aromatic heterocycles. The predicted molar refractivity (Wildman–Crippen MR) is 220 cm³/mol. The fourth-order valence-electron chi connectivity index (χ4n) is 6.96. The van der Waals surface area contributed by atoms with Gasteiger partial charge in [0, 0.05) is 18.3 Å². The van der Waals surface area contributed by atoms with E-state index in [0.717, 1.165) is 19.0 Å². The largest absolute Gasteiger partial charge is 0.388 e. The Morgan fingerprint density at radius 3 is 1.52 bits per heavy atom. The van der Waals surface area contributed by atoms with E-state index >= 15 is 0 Å². The maximum Gasteiger partial charge on any atom is 0.0463 e. The summed E-state index contributed by atoms with van der Waals surface area (Å²) in [4.78, 5) is 2.70. The van der Waals surface area contributed by atoms with Gasteiger partial charge in [0.25, 0.3) is 0 Å². The number of unbranched alkanes of at least 4 members (excludes halogenated alkanes) is 18. The van der Waals surface area contributed by atoms with Crippen molar-refractivity contribution < 1.29 is 0 Å². The van der Waals surface area contributed by atoms with Gasteiger partial charge in [0.15, 0.2) is 0 Å². The number of hydrogen-bond donors (Lipinski definition) is 2. The second-order valence-electron chi connectivity index (χ2n) is 15.6. The molecule has 286 valence electrons. The van der Waals surface area contributed by atoms with E-state index in [1.165, 1.54) is 217 Å². The van der Waals surface area contributed by atoms with Gasteiger partial charge in [-0.2, -0.15) is 0 Å². The van der Waals surface area contributed by atoms with Gasteiger partial charge in [-0.3, -0.25) is 0 Å². The fourth-order valence-corrected chi connectivity index (χ4v) is 6.96. The summed E-state index contributed by atoms with van der Waals surface area (Å²) < 4.78 is 0. The van der Waals surface area contributed by atoms with E-state index in [9.17, 15) is 0 Å². The van der Waals surface area contributed by atoms with Crippen LogP contribution in [-0.2, 0) is 0 Å². The molecule has 0 aromatic carbocycles. The molecule has 48 heavy (non-hydrogen) atoms. The van der Waals surface area contributed by atoms with Crippen LogP contribution < -0.4 is 10.6 Å². The predicted octanol–water partition coefficient (Wildman–Crippen LogP) is 13.9. The minimum absolute atomic E-state index is 0.378. The molecule has 0 bridgehead atoms. The lowest BCUT2D eigenvalue weighted by molar-refractivity contribution is 0.259. The zero-order valence-electron chi connectivity index (χ0n) is 34.1. The summed E-state index contributed by atoms with van der Waals surface area (Å²) in [7, 11) is 0. The van der Waals surface area contributed by atoms with Crippen LogP contribution in [0.15, 0.2) is 24.4 Å². The van der Waals surface area contributed by atoms with E-state index in [1.54, 1.807) is 0 Å². The zero-order valence-corrected chi connectivity index (χ0v) is 34.1. The molecule has 0 fully saturated rings. The molecule has 3 heteroatoms. The van der Waals surface area contributed by atoms with Crippen molar-refractivity contribution in [1.29, 1.82) is 0 Å². The lowest BCUT2D eigenvalue weighted by Gasteiger charge is -2.25. The molecular weight excluding hydrogens is 583 g/mol. The summed E-state index contributed by atoms with van der Waals surface area (Å²) in [5, 5.41) is 7.68. The Morgan fingerprint density at radius 2 is 0.958 bits per heavy atom. The van der Waals surface area contributed by atoms with Gasteiger partial charge in [0.1, 0.15) is 0 Å². The summed E-state index contributed by atoms with van der Waals surface area (Å²) in [5.41, 5.74) is 2.69. The normalized spacial score (nSPS) is 12.9. The maximum atomic E-state index is 4.55. The van der Waals surface area contributed by atoms with Gasteiger partial charge in [0.2, 0.25) is 0 Å². The summed E-state index contributed by atoms with van der Waals surface area (Å²) in [6.45, 7) is 26.6. The summed E-state index contributed by atoms with van der Waals surface area (Å²) >= 11 is 0. The standard InChI is InChI=1S/C45H91N3/c1-8-12-16-17-18-19-20-21-22-23-24-25-26-30-37-46-44(7)45(47-38-31-41-48(39-14-10-3)40-15-11-4)34-29-28-33-43(6)36-35-42(5)32-27-13-9-2/h42,45-47H,6-41H2,1-5H3. The SMILES string of the molecule is C=C(CCCCC(NCCCN(CCCC)CCCC)C(=C)NCCCCCCCCCCCCCCCC)CCC(C)CCCCC. The molecule has 0 rings (SSSR count). The molecule has 0 spiro atoms. The van der Waals surface area contributed by atoms with Crippen molar-refractivity contribution in [2.45, 2.75) is 227 Å². The van der Waals surface area contributed by atoms with Crippen LogP contribution in [0.25, 0.3) is 0 Å². The third-order valence-corrected chi connectivity index (χ3v) is 10.6. The first kappa shape index (κ1) is 47.2. The third-order valence-electron chi connectivity index (χ3n) is 10.6. The third kappa shape index (κ3) is 32.4. The monoisotopic (exact) mass is 674 g/mol. The molecule has 0 saturated heterocycles. The van der Waals surface area contributed by atoms with E-state index in [4.69, 9.17) is 0 Å². The summed E-state index contributed by atoms with van der Waals surface area (Å²) in [5.74, 6) is 0.843. The van der Waals surface area contributed by atoms with Crippen molar-refractivity contribution in [3.8, 4) is 0 Å². The second kappa shape index (κ2) is 37.5. The van der Waals surface area contributed by atoms with E-state index < -0.39 is 0 Å². The lowest BCUT2D eigenvalue weighted by atomic mass is 9.94. The van der Waals surface area contributed by atoms with Crippen LogP contribution in [0.1, 0.15) is 221 Å². The van der Waals surface area contributed by atoms with Crippen LogP contribution >= 0.6 is 0 Å². The zero-order chi connectivity index (χ0) is 35.3. The Balaban J connectivity index is 4.40. The van der Waals surface area contributed by atoms with Crippen LogP contribution in [-0.4, -0.2) is 43.7 Å². The van der Waals surface area contributed by atoms with E-state index in [-0.39, 0.29) is 0 Å². The first-order valence-corrected chi connectivity index (χ1v) is 22.0. The van der Waals surface area contributed by atoms with Crippen molar-refractivity contribution in [3.63, 3.8) is 0 Å². The lowest BCUT2D eigenvalue weighted by Crippen LogP contribution is -2.38. The first-order chi connectivity index (χ1) is 23.5. The van der Waals surface area contributed by atoms with Crippen molar-refractivity contribution in [3.05, 3.63) is 24.4 Å². The number of nitrogens with one attached hydrogen (secondary N) is 2. The molecule has 0 aliphatic rings. The second-order valence-corrected chi connectivity index (χ2v) is 15.6. The number of rotatable bonds is 40. The van der Waals surface area contributed by atoms with Gasteiger partial charge in [-0.15, -0.1) is 0 Å². The Bertz CT molecular complexity index is 665. The van der Waals surface area contributed by atoms with Crippen molar-refractivity contribution >= 4 is 0 Å². The van der Waals surface area contributed by atoms with Crippen LogP contribution in [0.4, 0.5) is 0 Å². The van der Waals surface area contributed by atoms with Crippen LogP contribution in [0.2, 0.25) is 0 Å². The van der Waals surface area contributed by atoms with Gasteiger partial charge in [-0.25, -0.2) is 0 Å². The molecule has 2 N–H and O–H groups in total. The number of nitrogens with zero attached hydrogens (tertiary/aromatic N) is 1. The molecule has 0 aliphatic heterocycles. The summed E-state index contributed by atoms with van der Waals surface area (Å²) in [6.07, 6.45) is 39.2. The molecular formula is C45H91N3. The molecule has 0 radical (unpaired) electrons. The molecule has 3 nitrogen and oxygen atoms in total. The fraction of sp³-hybridized carbons (Fsp3) is 0.911. The van der Waals surface area contributed by atoms with Gasteiger partial charge >= 0.3 is 0 Å². The van der Waals surface area contributed by atoms with Crippen molar-refractivity contribution in [2.75, 3.05) is 32.7 Å². The average molecular weight is 674 g/mol. The minimum Gasteiger partial charge on any atom is -0.388 e. The number of hydrogen-bond acceptors (Lipinski definition) is 3. The van der Waals surface area contributed by atoms with Gasteiger partial charge in [0.05, 0.1) is 0 Å². The Morgan fingerprint density at radius 1 is 0.479 bits per heavy atom. The first-order valence-electron chi connectivity index (χ1n) is 22.0. The van der Waals surface area contributed by atoms with Crippen molar-refractivity contribution in [1.82, 2.24) is 15.5 Å². The van der Waals surface area contributed by atoms with E-state index in [2.05, 4.69) is 63.3 Å². The van der Waals surface area contributed by atoms with E-state index in [1.807, 2.05) is 0 Å². The molecule has 2 atom stereocenters. The van der Waals surface area contributed by atoms with Crippen molar-refractivity contribution in [2.24, 2.45) is 5.92 Å². The van der Waals surface area contributed by atoms with E-state index in [0.29, 0.717) is 6.04 Å². The van der Waals surface area contributed by atoms with Crippen LogP contribution in [0.5, 0.6) is 0 Å². The quantitative estimate of drug-likeness (QED) is 0.0501. The van der Waals surface area contributed by atoms with Crippen LogP contribution in [0.3, 0.4) is 0 Å². The molecule has 2 unspecified atom stereocenters. The molecule has 0 saturated carbocycles. The highest BCUT2D eigenvalue weighted by Gasteiger charge is 2.13. The number of allylic oxidation sites excluding steroid dienone is 1. The average Bonchev–Trinajstić information content (AvgIpc) is 3.09. The maximum absolute atomic E-state index is 4.55. The molecule has 0 aliphatic carbocycles. The minimum atomic E-state index is 0.378. The Hall–Kier alpha value is -0.800. The van der Waals surface area contributed by atoms with Gasteiger partial charge < -0.3 is 15.5 Å². The summed E-state index contributed by atoms with van der Waals surface area (Å²) in [6, 6.07) is 0.378. The highest BCUT2D eigenvalue weighted by Crippen LogP contribution is 2.21. The topological polar surface area (TPSA) is 27.3 Å². The van der Waals surface area contributed by atoms with Gasteiger partial charge in [-0.05, 0) is 89.9 Å². The Labute approximate surface area is 304 Å². The highest BCUT2D eigenvalue weighted by atomic mass is 15.1. The molecule has 0 aromatic rings. The molecule has 0 amide bonds. The molecule has 0 heterocycles. The van der Waals surface area contributed by atoms with Crippen LogP contribution in [0, 0.1) is 5.92 Å². The van der Waals surface area contributed by atoms with Gasteiger partial charge in [-0.1, -0.05) is 182 Å².